The summed E-state index contributed by atoms with van der Waals surface area (Å²) >= 11 is -1.87. The van der Waals surface area contributed by atoms with E-state index in [2.05, 4.69) is 48.2 Å². The molecule has 23 heavy (non-hydrogen) atoms. The Morgan fingerprint density at radius 1 is 1.00 bits per heavy atom. The van der Waals surface area contributed by atoms with Crippen molar-refractivity contribution in [1.82, 2.24) is 0 Å². The number of unbranched alkanes of at least 4 members (excludes halogenated alkanes) is 5. The van der Waals surface area contributed by atoms with Crippen LogP contribution >= 0.6 is 0 Å². The van der Waals surface area contributed by atoms with Crippen LogP contribution in [0, 0.1) is 17.3 Å². The fourth-order valence-electron chi connectivity index (χ4n) is 5.09. The zero-order valence-electron chi connectivity index (χ0n) is 17.1. The Morgan fingerprint density at radius 3 is 2.13 bits per heavy atom. The summed E-state index contributed by atoms with van der Waals surface area (Å²) in [5, 5.41) is 0. The van der Waals surface area contributed by atoms with E-state index in [-0.39, 0.29) is 0 Å². The van der Waals surface area contributed by atoms with E-state index in [1.807, 2.05) is 0 Å². The van der Waals surface area contributed by atoms with Crippen LogP contribution in [0.15, 0.2) is 12.7 Å². The fourth-order valence-corrected chi connectivity index (χ4v) is 13.3. The van der Waals surface area contributed by atoms with Gasteiger partial charge in [0.15, 0.2) is 0 Å². The Morgan fingerprint density at radius 2 is 1.61 bits per heavy atom. The minimum absolute atomic E-state index is 0.465. The van der Waals surface area contributed by atoms with E-state index in [0.717, 1.165) is 15.8 Å². The predicted octanol–water partition coefficient (Wildman–Crippen LogP) is 8.07. The summed E-state index contributed by atoms with van der Waals surface area (Å²) in [7, 11) is 0. The van der Waals surface area contributed by atoms with Gasteiger partial charge >= 0.3 is 152 Å². The van der Waals surface area contributed by atoms with Gasteiger partial charge < -0.3 is 0 Å². The third-order valence-electron chi connectivity index (χ3n) is 6.77. The van der Waals surface area contributed by atoms with Crippen LogP contribution in [-0.2, 0) is 0 Å². The Balaban J connectivity index is 2.69. The standard InChI is InChI=1S/C19H35.3CH3.Sn/c1-5-8-9-10-11-12-14-19(7-3)15-13-17(4)18(6-2)16-19;;;;/h7,13,17-18H,3,5-6,8-12,14-16H2,1-2,4H3;3*1H3;/t17-,18+,19?;;;;/m1..../s1. The summed E-state index contributed by atoms with van der Waals surface area (Å²) in [4.78, 5) is 7.98. The molecule has 0 aromatic carbocycles. The molecule has 0 aromatic rings. The third-order valence-corrected chi connectivity index (χ3v) is 15.2. The van der Waals surface area contributed by atoms with Gasteiger partial charge in [-0.2, -0.15) is 0 Å². The molecule has 1 saturated carbocycles. The van der Waals surface area contributed by atoms with Crippen LogP contribution in [0.3, 0.4) is 0 Å². The molecule has 1 aliphatic carbocycles. The maximum absolute atomic E-state index is 4.32. The second-order valence-electron chi connectivity index (χ2n) is 9.49. The summed E-state index contributed by atoms with van der Waals surface area (Å²) in [5.41, 5.74) is 0.465. The van der Waals surface area contributed by atoms with Crippen molar-refractivity contribution in [2.24, 2.45) is 17.3 Å². The molecule has 0 aromatic heterocycles. The van der Waals surface area contributed by atoms with Gasteiger partial charge in [-0.05, 0) is 0 Å². The molecule has 0 radical (unpaired) electrons. The topological polar surface area (TPSA) is 0 Å². The third kappa shape index (κ3) is 6.40. The molecule has 1 fully saturated rings. The molecule has 0 spiro atoms. The van der Waals surface area contributed by atoms with Gasteiger partial charge in [0.25, 0.3) is 0 Å². The molecule has 0 amide bonds. The van der Waals surface area contributed by atoms with Gasteiger partial charge in [0.2, 0.25) is 0 Å². The molecule has 0 saturated heterocycles. The van der Waals surface area contributed by atoms with E-state index >= 15 is 0 Å². The molecule has 1 unspecified atom stereocenters. The maximum atomic E-state index is 4.32. The van der Waals surface area contributed by atoms with Crippen molar-refractivity contribution in [3.05, 3.63) is 12.7 Å². The monoisotopic (exact) mass is 428 g/mol. The van der Waals surface area contributed by atoms with Gasteiger partial charge in [-0.25, -0.2) is 0 Å². The molecule has 1 heteroatoms. The Hall–Kier alpha value is 0.539. The second kappa shape index (κ2) is 9.88. The van der Waals surface area contributed by atoms with E-state index in [9.17, 15) is 0 Å². The predicted molar refractivity (Wildman–Crippen MR) is 110 cm³/mol. The number of hydrogen-bond acceptors (Lipinski definition) is 0. The van der Waals surface area contributed by atoms with Crippen LogP contribution in [0.2, 0.25) is 18.8 Å². The van der Waals surface area contributed by atoms with Crippen LogP contribution < -0.4 is 0 Å². The minimum atomic E-state index is -1.87. The van der Waals surface area contributed by atoms with Gasteiger partial charge in [0.05, 0.1) is 0 Å². The Bertz CT molecular complexity index is 340. The normalized spacial score (nSPS) is 32.0. The first-order valence-electron chi connectivity index (χ1n) is 10.4. The molecule has 0 nitrogen and oxygen atoms in total. The summed E-state index contributed by atoms with van der Waals surface area (Å²) in [5.74, 6) is 1.89. The average Bonchev–Trinajstić information content (AvgIpc) is 2.51. The molecule has 1 rings (SSSR count). The molecule has 0 aliphatic heterocycles. The van der Waals surface area contributed by atoms with Gasteiger partial charge in [-0.3, -0.25) is 0 Å². The molecule has 0 heterocycles. The number of allylic oxidation sites excluding steroid dienone is 1. The van der Waals surface area contributed by atoms with Crippen LogP contribution in [0.5, 0.6) is 0 Å². The summed E-state index contributed by atoms with van der Waals surface area (Å²) in [6.07, 6.45) is 16.6. The molecular weight excluding hydrogens is 383 g/mol. The molecule has 0 N–H and O–H groups in total. The summed E-state index contributed by atoms with van der Waals surface area (Å²) in [6, 6.07) is 0. The fraction of sp³-hybridized carbons (Fsp3) is 0.909. The van der Waals surface area contributed by atoms with E-state index < -0.39 is 18.4 Å². The van der Waals surface area contributed by atoms with E-state index in [4.69, 9.17) is 0 Å². The number of hydrogen-bond donors (Lipinski definition) is 0. The van der Waals surface area contributed by atoms with Crippen molar-refractivity contribution in [3.63, 3.8) is 0 Å². The van der Waals surface area contributed by atoms with Gasteiger partial charge in [-0.1, -0.05) is 0 Å². The molecular formula is C22H44Sn. The van der Waals surface area contributed by atoms with E-state index in [1.165, 1.54) is 64.2 Å². The molecule has 136 valence electrons. The molecule has 1 aliphatic rings. The van der Waals surface area contributed by atoms with Crippen LogP contribution in [0.25, 0.3) is 0 Å². The van der Waals surface area contributed by atoms with Gasteiger partial charge in [0.1, 0.15) is 0 Å². The van der Waals surface area contributed by atoms with Crippen molar-refractivity contribution < 1.29 is 0 Å². The van der Waals surface area contributed by atoms with E-state index in [0.29, 0.717) is 5.41 Å². The van der Waals surface area contributed by atoms with Crippen molar-refractivity contribution >= 4 is 18.4 Å². The van der Waals surface area contributed by atoms with Crippen LogP contribution in [0.4, 0.5) is 0 Å². The Labute approximate surface area is 151 Å². The summed E-state index contributed by atoms with van der Waals surface area (Å²) < 4.78 is 1.04. The van der Waals surface area contributed by atoms with Crippen LogP contribution in [0.1, 0.15) is 85.0 Å². The first-order valence-corrected chi connectivity index (χ1v) is 20.6. The first-order chi connectivity index (χ1) is 10.8. The molecule has 4 atom stereocenters. The summed E-state index contributed by atoms with van der Waals surface area (Å²) in [6.45, 7) is 11.6. The van der Waals surface area contributed by atoms with Crippen molar-refractivity contribution in [3.8, 4) is 0 Å². The second-order valence-corrected chi connectivity index (χ2v) is 25.1. The van der Waals surface area contributed by atoms with Crippen molar-refractivity contribution in [2.45, 2.75) is 104 Å². The van der Waals surface area contributed by atoms with Crippen molar-refractivity contribution in [1.29, 1.82) is 0 Å². The van der Waals surface area contributed by atoms with E-state index in [1.54, 1.807) is 0 Å². The van der Waals surface area contributed by atoms with Gasteiger partial charge in [0, 0.05) is 0 Å². The zero-order valence-corrected chi connectivity index (χ0v) is 19.9. The SMILES string of the molecule is C=CC1(CCCCCCCC)C[C@H](CC)[C@H](C)[C@H]([Sn]([CH3])([CH3])[CH3])C1. The average molecular weight is 427 g/mol. The van der Waals surface area contributed by atoms with Crippen molar-refractivity contribution in [2.75, 3.05) is 0 Å². The Kier molecular flexibility index (Phi) is 9.27. The van der Waals surface area contributed by atoms with Gasteiger partial charge in [-0.15, -0.1) is 0 Å². The number of rotatable bonds is 10. The zero-order chi connectivity index (χ0) is 17.5. The first kappa shape index (κ1) is 21.6. The quantitative estimate of drug-likeness (QED) is 0.188. The van der Waals surface area contributed by atoms with Crippen LogP contribution in [-0.4, -0.2) is 18.4 Å². The molecule has 0 bridgehead atoms.